The van der Waals surface area contributed by atoms with Crippen molar-refractivity contribution in [3.63, 3.8) is 0 Å². The van der Waals surface area contributed by atoms with E-state index < -0.39 is 0 Å². The lowest BCUT2D eigenvalue weighted by atomic mass is 10.2. The zero-order chi connectivity index (χ0) is 14.2. The highest BCUT2D eigenvalue weighted by molar-refractivity contribution is 9.10. The summed E-state index contributed by atoms with van der Waals surface area (Å²) in [6.07, 6.45) is 9.46. The number of aromatic nitrogens is 5. The van der Waals surface area contributed by atoms with Crippen LogP contribution in [0.3, 0.4) is 0 Å². The molecule has 0 radical (unpaired) electrons. The van der Waals surface area contributed by atoms with E-state index in [4.69, 9.17) is 4.42 Å². The number of halogens is 1. The van der Waals surface area contributed by atoms with E-state index >= 15 is 0 Å². The first-order valence-electron chi connectivity index (χ1n) is 6.73. The molecule has 1 fully saturated rings. The normalized spacial score (nSPS) is 14.5. The second-order valence-electron chi connectivity index (χ2n) is 5.14. The molecule has 0 amide bonds. The maximum Gasteiger partial charge on any atom is 0.197 e. The highest BCUT2D eigenvalue weighted by Crippen LogP contribution is 2.39. The quantitative estimate of drug-likeness (QED) is 0.726. The van der Waals surface area contributed by atoms with Crippen LogP contribution < -0.4 is 0 Å². The summed E-state index contributed by atoms with van der Waals surface area (Å²) < 4.78 is 8.15. The molecule has 0 saturated heterocycles. The number of rotatable bonds is 4. The van der Waals surface area contributed by atoms with E-state index in [0.29, 0.717) is 12.5 Å². The molecule has 0 aliphatic heterocycles. The zero-order valence-corrected chi connectivity index (χ0v) is 12.7. The summed E-state index contributed by atoms with van der Waals surface area (Å²) in [6.45, 7) is 0.560. The average Bonchev–Trinajstić information content (AvgIpc) is 3.05. The molecule has 3 heterocycles. The highest BCUT2D eigenvalue weighted by Gasteiger charge is 2.28. The summed E-state index contributed by atoms with van der Waals surface area (Å²) in [5, 5.41) is 8.30. The topological polar surface area (TPSA) is 69.6 Å². The van der Waals surface area contributed by atoms with Gasteiger partial charge in [-0.25, -0.2) is 9.67 Å². The van der Waals surface area contributed by atoms with Gasteiger partial charge >= 0.3 is 0 Å². The molecule has 1 saturated carbocycles. The molecule has 3 aromatic heterocycles. The van der Waals surface area contributed by atoms with E-state index in [2.05, 4.69) is 36.2 Å². The second-order valence-corrected chi connectivity index (χ2v) is 6.06. The van der Waals surface area contributed by atoms with Crippen LogP contribution in [0.4, 0.5) is 0 Å². The van der Waals surface area contributed by atoms with Crippen molar-refractivity contribution in [1.29, 1.82) is 0 Å². The van der Waals surface area contributed by atoms with E-state index in [1.807, 2.05) is 12.3 Å². The third kappa shape index (κ3) is 2.73. The lowest BCUT2D eigenvalue weighted by Crippen LogP contribution is -2.00. The van der Waals surface area contributed by atoms with Crippen molar-refractivity contribution in [3.8, 4) is 11.3 Å². The van der Waals surface area contributed by atoms with E-state index in [1.165, 1.54) is 12.8 Å². The minimum absolute atomic E-state index is 0.526. The Kier molecular flexibility index (Phi) is 3.07. The van der Waals surface area contributed by atoms with Gasteiger partial charge in [0.05, 0.1) is 12.7 Å². The maximum atomic E-state index is 5.48. The minimum Gasteiger partial charge on any atom is -0.448 e. The largest absolute Gasteiger partial charge is 0.448 e. The first-order valence-corrected chi connectivity index (χ1v) is 7.52. The van der Waals surface area contributed by atoms with Gasteiger partial charge in [0.25, 0.3) is 0 Å². The summed E-state index contributed by atoms with van der Waals surface area (Å²) in [5.74, 6) is 1.37. The first-order chi connectivity index (χ1) is 10.3. The average molecular weight is 346 g/mol. The fourth-order valence-corrected chi connectivity index (χ4v) is 2.50. The standard InChI is InChI=1S/C14H12BrN5O/c15-11-3-10(4-16-5-11)13-7-20(19-18-13)6-12-8-21-14(17-12)9-1-2-9/h3-5,7-9H,1-2,6H2. The van der Waals surface area contributed by atoms with Crippen molar-refractivity contribution in [2.45, 2.75) is 25.3 Å². The third-order valence-electron chi connectivity index (χ3n) is 3.36. The minimum atomic E-state index is 0.526. The van der Waals surface area contributed by atoms with Crippen LogP contribution in [0.15, 0.2) is 39.8 Å². The molecular formula is C14H12BrN5O. The fourth-order valence-electron chi connectivity index (χ4n) is 2.14. The monoisotopic (exact) mass is 345 g/mol. The van der Waals surface area contributed by atoms with E-state index in [9.17, 15) is 0 Å². The first kappa shape index (κ1) is 12.7. The van der Waals surface area contributed by atoms with Crippen molar-refractivity contribution in [2.24, 2.45) is 0 Å². The molecular weight excluding hydrogens is 334 g/mol. The van der Waals surface area contributed by atoms with Crippen LogP contribution in [0.1, 0.15) is 30.3 Å². The Morgan fingerprint density at radius 2 is 2.24 bits per heavy atom. The van der Waals surface area contributed by atoms with E-state index in [-0.39, 0.29) is 0 Å². The number of hydrogen-bond donors (Lipinski definition) is 0. The third-order valence-corrected chi connectivity index (χ3v) is 3.79. The van der Waals surface area contributed by atoms with Gasteiger partial charge in [0.1, 0.15) is 17.7 Å². The van der Waals surface area contributed by atoms with Crippen molar-refractivity contribution in [1.82, 2.24) is 25.0 Å². The summed E-state index contributed by atoms with van der Waals surface area (Å²) in [5.41, 5.74) is 2.59. The molecule has 0 unspecified atom stereocenters. The van der Waals surface area contributed by atoms with Crippen LogP contribution in [-0.4, -0.2) is 25.0 Å². The van der Waals surface area contributed by atoms with Gasteiger partial charge in [0.2, 0.25) is 0 Å². The smallest absolute Gasteiger partial charge is 0.197 e. The van der Waals surface area contributed by atoms with Gasteiger partial charge in [-0.3, -0.25) is 4.98 Å². The van der Waals surface area contributed by atoms with Crippen molar-refractivity contribution in [2.75, 3.05) is 0 Å². The molecule has 6 nitrogen and oxygen atoms in total. The van der Waals surface area contributed by atoms with Crippen LogP contribution in [0.25, 0.3) is 11.3 Å². The number of pyridine rings is 1. The molecule has 4 rings (SSSR count). The molecule has 0 N–H and O–H groups in total. The lowest BCUT2D eigenvalue weighted by molar-refractivity contribution is 0.496. The highest BCUT2D eigenvalue weighted by atomic mass is 79.9. The van der Waals surface area contributed by atoms with Gasteiger partial charge in [0.15, 0.2) is 5.89 Å². The maximum absolute atomic E-state index is 5.48. The fraction of sp³-hybridized carbons (Fsp3) is 0.286. The van der Waals surface area contributed by atoms with Gasteiger partial charge in [-0.15, -0.1) is 5.10 Å². The van der Waals surface area contributed by atoms with Gasteiger partial charge < -0.3 is 4.42 Å². The van der Waals surface area contributed by atoms with Crippen molar-refractivity contribution < 1.29 is 4.42 Å². The van der Waals surface area contributed by atoms with Crippen LogP contribution >= 0.6 is 15.9 Å². The Hall–Kier alpha value is -2.02. The molecule has 7 heteroatoms. The summed E-state index contributed by atoms with van der Waals surface area (Å²) >= 11 is 3.40. The number of nitrogens with zero attached hydrogens (tertiary/aromatic N) is 5. The Bertz CT molecular complexity index is 777. The molecule has 1 aliphatic carbocycles. The Labute approximate surface area is 129 Å². The van der Waals surface area contributed by atoms with Crippen LogP contribution in [-0.2, 0) is 6.54 Å². The van der Waals surface area contributed by atoms with Gasteiger partial charge in [-0.05, 0) is 34.8 Å². The molecule has 0 aromatic carbocycles. The Morgan fingerprint density at radius 3 is 3.05 bits per heavy atom. The van der Waals surface area contributed by atoms with Crippen LogP contribution in [0.2, 0.25) is 0 Å². The SMILES string of the molecule is Brc1cncc(-c2cn(Cc3coc(C4CC4)n3)nn2)c1. The summed E-state index contributed by atoms with van der Waals surface area (Å²) in [4.78, 5) is 8.62. The molecule has 3 aromatic rings. The van der Waals surface area contributed by atoms with Crippen molar-refractivity contribution in [3.05, 3.63) is 47.0 Å². The Morgan fingerprint density at radius 1 is 1.33 bits per heavy atom. The van der Waals surface area contributed by atoms with E-state index in [1.54, 1.807) is 23.3 Å². The second kappa shape index (κ2) is 5.07. The van der Waals surface area contributed by atoms with Crippen LogP contribution in [0.5, 0.6) is 0 Å². The van der Waals surface area contributed by atoms with E-state index in [0.717, 1.165) is 27.3 Å². The lowest BCUT2D eigenvalue weighted by Gasteiger charge is -1.96. The van der Waals surface area contributed by atoms with Crippen molar-refractivity contribution >= 4 is 15.9 Å². The molecule has 0 atom stereocenters. The zero-order valence-electron chi connectivity index (χ0n) is 11.1. The number of oxazole rings is 1. The van der Waals surface area contributed by atoms with Gasteiger partial charge in [0, 0.05) is 28.3 Å². The predicted octanol–water partition coefficient (Wildman–Crippen LogP) is 3.02. The van der Waals surface area contributed by atoms with Gasteiger partial charge in [-0.1, -0.05) is 5.21 Å². The molecule has 1 aliphatic rings. The molecule has 21 heavy (non-hydrogen) atoms. The Balaban J connectivity index is 1.53. The molecule has 106 valence electrons. The molecule has 0 spiro atoms. The summed E-state index contributed by atoms with van der Waals surface area (Å²) in [6, 6.07) is 1.96. The van der Waals surface area contributed by atoms with Crippen LogP contribution in [0, 0.1) is 0 Å². The van der Waals surface area contributed by atoms with Gasteiger partial charge in [-0.2, -0.15) is 0 Å². The molecule has 0 bridgehead atoms. The summed E-state index contributed by atoms with van der Waals surface area (Å²) in [7, 11) is 0. The number of hydrogen-bond acceptors (Lipinski definition) is 5. The predicted molar refractivity (Wildman–Crippen MR) is 78.5 cm³/mol.